The number of carbonyl (C=O) groups is 1. The number of fused-ring (bicyclic) bond motifs is 1. The number of ketones is 1. The summed E-state index contributed by atoms with van der Waals surface area (Å²) in [6.45, 7) is 5.08. The first-order chi connectivity index (χ1) is 14.1. The van der Waals surface area contributed by atoms with E-state index in [4.69, 9.17) is 14.2 Å². The summed E-state index contributed by atoms with van der Waals surface area (Å²) in [4.78, 5) is 12.6. The first-order valence-electron chi connectivity index (χ1n) is 9.62. The second-order valence-electron chi connectivity index (χ2n) is 6.81. The SMILES string of the molecule is CCOc1ccc(C=C2Oc3cc(OCc4ccccc4C)ccc3C2=O)cc1. The van der Waals surface area contributed by atoms with Crippen LogP contribution in [0.2, 0.25) is 0 Å². The lowest BCUT2D eigenvalue weighted by Crippen LogP contribution is -1.98. The molecule has 1 aliphatic rings. The van der Waals surface area contributed by atoms with Gasteiger partial charge in [0.15, 0.2) is 5.76 Å². The highest BCUT2D eigenvalue weighted by Crippen LogP contribution is 2.35. The predicted molar refractivity (Wildman–Crippen MR) is 112 cm³/mol. The van der Waals surface area contributed by atoms with Crippen LogP contribution in [0.15, 0.2) is 72.5 Å². The Hall–Kier alpha value is -3.53. The Morgan fingerprint density at radius 1 is 0.931 bits per heavy atom. The van der Waals surface area contributed by atoms with Gasteiger partial charge in [0.05, 0.1) is 12.2 Å². The molecule has 4 heteroatoms. The van der Waals surface area contributed by atoms with Crippen LogP contribution in [0.3, 0.4) is 0 Å². The lowest BCUT2D eigenvalue weighted by Gasteiger charge is -2.09. The summed E-state index contributed by atoms with van der Waals surface area (Å²) in [5.41, 5.74) is 3.73. The Morgan fingerprint density at radius 3 is 2.45 bits per heavy atom. The summed E-state index contributed by atoms with van der Waals surface area (Å²) < 4.78 is 17.2. The minimum absolute atomic E-state index is 0.126. The zero-order valence-electron chi connectivity index (χ0n) is 16.5. The quantitative estimate of drug-likeness (QED) is 0.518. The number of ether oxygens (including phenoxy) is 3. The molecule has 29 heavy (non-hydrogen) atoms. The third-order valence-corrected chi connectivity index (χ3v) is 4.79. The van der Waals surface area contributed by atoms with Gasteiger partial charge in [-0.25, -0.2) is 0 Å². The molecular formula is C25H22O4. The fourth-order valence-corrected chi connectivity index (χ4v) is 3.17. The molecular weight excluding hydrogens is 364 g/mol. The highest BCUT2D eigenvalue weighted by Gasteiger charge is 2.27. The molecule has 0 amide bonds. The summed E-state index contributed by atoms with van der Waals surface area (Å²) in [5, 5.41) is 0. The Kier molecular flexibility index (Phi) is 5.34. The van der Waals surface area contributed by atoms with Crippen LogP contribution in [0.25, 0.3) is 6.08 Å². The van der Waals surface area contributed by atoms with E-state index in [0.29, 0.717) is 36.0 Å². The summed E-state index contributed by atoms with van der Waals surface area (Å²) in [6.07, 6.45) is 1.74. The number of carbonyl (C=O) groups excluding carboxylic acids is 1. The topological polar surface area (TPSA) is 44.8 Å². The summed E-state index contributed by atoms with van der Waals surface area (Å²) in [7, 11) is 0. The Labute approximate surface area is 170 Å². The van der Waals surface area contributed by atoms with E-state index < -0.39 is 0 Å². The number of aryl methyl sites for hydroxylation is 1. The second kappa shape index (κ2) is 8.23. The first kappa shape index (κ1) is 18.8. The van der Waals surface area contributed by atoms with Crippen LogP contribution in [0.5, 0.6) is 17.2 Å². The van der Waals surface area contributed by atoms with E-state index in [9.17, 15) is 4.79 Å². The lowest BCUT2D eigenvalue weighted by molar-refractivity contribution is 0.101. The van der Waals surface area contributed by atoms with E-state index >= 15 is 0 Å². The molecule has 0 unspecified atom stereocenters. The molecule has 0 aliphatic carbocycles. The highest BCUT2D eigenvalue weighted by molar-refractivity contribution is 6.14. The van der Waals surface area contributed by atoms with Crippen molar-refractivity contribution < 1.29 is 19.0 Å². The summed E-state index contributed by atoms with van der Waals surface area (Å²) in [5.74, 6) is 2.17. The first-order valence-corrected chi connectivity index (χ1v) is 9.62. The minimum atomic E-state index is -0.126. The number of rotatable bonds is 6. The van der Waals surface area contributed by atoms with Gasteiger partial charge in [-0.3, -0.25) is 4.79 Å². The highest BCUT2D eigenvalue weighted by atomic mass is 16.5. The number of hydrogen-bond donors (Lipinski definition) is 0. The molecule has 146 valence electrons. The molecule has 4 rings (SSSR count). The van der Waals surface area contributed by atoms with E-state index in [1.54, 1.807) is 24.3 Å². The number of hydrogen-bond acceptors (Lipinski definition) is 4. The van der Waals surface area contributed by atoms with Crippen LogP contribution < -0.4 is 14.2 Å². The number of benzene rings is 3. The van der Waals surface area contributed by atoms with Crippen molar-refractivity contribution in [1.29, 1.82) is 0 Å². The van der Waals surface area contributed by atoms with Gasteiger partial charge in [-0.15, -0.1) is 0 Å². The molecule has 1 heterocycles. The van der Waals surface area contributed by atoms with Crippen LogP contribution in [-0.4, -0.2) is 12.4 Å². The van der Waals surface area contributed by atoms with Gasteiger partial charge in [0.2, 0.25) is 5.78 Å². The van der Waals surface area contributed by atoms with Crippen molar-refractivity contribution in [2.24, 2.45) is 0 Å². The standard InChI is InChI=1S/C25H22O4/c1-3-27-20-10-8-18(9-11-20)14-24-25(26)22-13-12-21(15-23(22)29-24)28-16-19-7-5-4-6-17(19)2/h4-15H,3,16H2,1-2H3. The molecule has 1 aliphatic heterocycles. The van der Waals surface area contributed by atoms with Crippen molar-refractivity contribution in [1.82, 2.24) is 0 Å². The van der Waals surface area contributed by atoms with Gasteiger partial charge >= 0.3 is 0 Å². The van der Waals surface area contributed by atoms with Crippen LogP contribution >= 0.6 is 0 Å². The molecule has 0 spiro atoms. The zero-order valence-corrected chi connectivity index (χ0v) is 16.5. The fourth-order valence-electron chi connectivity index (χ4n) is 3.17. The number of Topliss-reactive ketones (excluding diaryl/α,β-unsaturated/α-hetero) is 1. The summed E-state index contributed by atoms with van der Waals surface area (Å²) >= 11 is 0. The van der Waals surface area contributed by atoms with Crippen molar-refractivity contribution in [3.8, 4) is 17.2 Å². The third kappa shape index (κ3) is 4.16. The largest absolute Gasteiger partial charge is 0.494 e. The molecule has 4 nitrogen and oxygen atoms in total. The molecule has 0 atom stereocenters. The average Bonchev–Trinajstić information content (AvgIpc) is 3.04. The van der Waals surface area contributed by atoms with Gasteiger partial charge in [-0.05, 0) is 60.9 Å². The van der Waals surface area contributed by atoms with Crippen LogP contribution in [-0.2, 0) is 6.61 Å². The van der Waals surface area contributed by atoms with Gasteiger partial charge in [-0.2, -0.15) is 0 Å². The van der Waals surface area contributed by atoms with E-state index in [1.807, 2.05) is 49.4 Å². The van der Waals surface area contributed by atoms with Gasteiger partial charge < -0.3 is 14.2 Å². The van der Waals surface area contributed by atoms with E-state index in [0.717, 1.165) is 16.9 Å². The second-order valence-corrected chi connectivity index (χ2v) is 6.81. The van der Waals surface area contributed by atoms with Crippen molar-refractivity contribution in [3.05, 3.63) is 94.7 Å². The van der Waals surface area contributed by atoms with Crippen LogP contribution in [0.1, 0.15) is 34.0 Å². The summed E-state index contributed by atoms with van der Waals surface area (Å²) in [6, 6.07) is 21.0. The molecule has 3 aromatic rings. The number of allylic oxidation sites excluding steroid dienone is 1. The fraction of sp³-hybridized carbons (Fsp3) is 0.160. The monoisotopic (exact) mass is 386 g/mol. The van der Waals surface area contributed by atoms with Crippen molar-refractivity contribution in [2.45, 2.75) is 20.5 Å². The van der Waals surface area contributed by atoms with Gasteiger partial charge in [0.1, 0.15) is 23.9 Å². The molecule has 0 bridgehead atoms. The molecule has 0 N–H and O–H groups in total. The Morgan fingerprint density at radius 2 is 1.69 bits per heavy atom. The minimum Gasteiger partial charge on any atom is -0.494 e. The molecule has 0 aromatic heterocycles. The van der Waals surface area contributed by atoms with E-state index in [-0.39, 0.29) is 5.78 Å². The zero-order chi connectivity index (χ0) is 20.2. The third-order valence-electron chi connectivity index (χ3n) is 4.79. The molecule has 0 radical (unpaired) electrons. The maximum absolute atomic E-state index is 12.6. The predicted octanol–water partition coefficient (Wildman–Crippen LogP) is 5.59. The normalized spacial score (nSPS) is 13.9. The molecule has 0 saturated carbocycles. The maximum atomic E-state index is 12.6. The smallest absolute Gasteiger partial charge is 0.231 e. The van der Waals surface area contributed by atoms with E-state index in [1.165, 1.54) is 5.56 Å². The van der Waals surface area contributed by atoms with Crippen LogP contribution in [0.4, 0.5) is 0 Å². The maximum Gasteiger partial charge on any atom is 0.231 e. The molecule has 3 aromatic carbocycles. The Bertz CT molecular complexity index is 1060. The van der Waals surface area contributed by atoms with Gasteiger partial charge in [-0.1, -0.05) is 36.4 Å². The van der Waals surface area contributed by atoms with Crippen molar-refractivity contribution in [3.63, 3.8) is 0 Å². The average molecular weight is 386 g/mol. The van der Waals surface area contributed by atoms with Gasteiger partial charge in [0, 0.05) is 6.07 Å². The van der Waals surface area contributed by atoms with Crippen LogP contribution in [0, 0.1) is 6.92 Å². The van der Waals surface area contributed by atoms with Crippen molar-refractivity contribution >= 4 is 11.9 Å². The molecule has 0 saturated heterocycles. The van der Waals surface area contributed by atoms with Gasteiger partial charge in [0.25, 0.3) is 0 Å². The Balaban J connectivity index is 1.48. The molecule has 0 fully saturated rings. The van der Waals surface area contributed by atoms with E-state index in [2.05, 4.69) is 13.0 Å². The van der Waals surface area contributed by atoms with Crippen molar-refractivity contribution in [2.75, 3.05) is 6.61 Å². The lowest BCUT2D eigenvalue weighted by atomic mass is 10.1.